The number of hydrogen-bond acceptors (Lipinski definition) is 4. The number of ether oxygens (including phenoxy) is 1. The number of fused-ring (bicyclic) bond motifs is 2. The monoisotopic (exact) mass is 344 g/mol. The Labute approximate surface area is 130 Å². The number of halogens is 1. The van der Waals surface area contributed by atoms with Crippen LogP contribution in [0.25, 0.3) is 16.7 Å². The highest BCUT2D eigenvalue weighted by Gasteiger charge is 2.34. The molecular formula is C16H13BrN2O2. The van der Waals surface area contributed by atoms with Gasteiger partial charge in [-0.05, 0) is 60.5 Å². The average Bonchev–Trinajstić information content (AvgIpc) is 2.44. The molecule has 2 aromatic rings. The number of aliphatic hydroxyl groups is 1. The van der Waals surface area contributed by atoms with Crippen LogP contribution in [-0.2, 0) is 0 Å². The first-order chi connectivity index (χ1) is 9.83. The molecule has 0 fully saturated rings. The van der Waals surface area contributed by atoms with E-state index in [0.29, 0.717) is 27.0 Å². The number of hydrogen-bond donors (Lipinski definition) is 1. The maximum Gasteiger partial charge on any atom is 0.141 e. The van der Waals surface area contributed by atoms with Gasteiger partial charge in [0.05, 0.1) is 15.6 Å². The molecule has 0 atom stereocenters. The highest BCUT2D eigenvalue weighted by molar-refractivity contribution is 9.12. The van der Waals surface area contributed by atoms with E-state index in [1.807, 2.05) is 32.9 Å². The number of aryl methyl sites for hydroxylation is 1. The molecule has 1 aliphatic heterocycles. The molecule has 0 bridgehead atoms. The fraction of sp³-hybridized carbons (Fsp3) is 0.250. The predicted molar refractivity (Wildman–Crippen MR) is 84.4 cm³/mol. The Bertz CT molecular complexity index is 847. The summed E-state index contributed by atoms with van der Waals surface area (Å²) in [5, 5.41) is 20.3. The number of aromatic nitrogens is 1. The van der Waals surface area contributed by atoms with Gasteiger partial charge in [0, 0.05) is 5.39 Å². The van der Waals surface area contributed by atoms with Crippen LogP contribution in [0, 0.1) is 18.3 Å². The Hall–Kier alpha value is -2.06. The molecule has 4 nitrogen and oxygen atoms in total. The first-order valence-corrected chi connectivity index (χ1v) is 7.27. The summed E-state index contributed by atoms with van der Waals surface area (Å²) in [5.41, 5.74) is 1.93. The van der Waals surface area contributed by atoms with E-state index < -0.39 is 5.60 Å². The summed E-state index contributed by atoms with van der Waals surface area (Å²) < 4.78 is 6.56. The van der Waals surface area contributed by atoms with Crippen LogP contribution in [0.3, 0.4) is 0 Å². The molecule has 0 saturated heterocycles. The van der Waals surface area contributed by atoms with Crippen LogP contribution in [0.5, 0.6) is 5.75 Å². The first kappa shape index (κ1) is 13.9. The normalized spacial score (nSPS) is 16.3. The van der Waals surface area contributed by atoms with E-state index in [1.54, 1.807) is 12.1 Å². The van der Waals surface area contributed by atoms with Crippen molar-refractivity contribution in [2.45, 2.75) is 26.4 Å². The minimum atomic E-state index is -0.626. The highest BCUT2D eigenvalue weighted by Crippen LogP contribution is 2.43. The second kappa shape index (κ2) is 4.47. The standard InChI is InChI=1S/C16H13BrN2O2/c1-8-4-9(7-18)19-12-5-11-13(6-10(8)12)21-16(2,3)15(17)14(11)20/h4-6,20H,1-3H3. The number of rotatable bonds is 0. The van der Waals surface area contributed by atoms with Crippen molar-refractivity contribution in [2.75, 3.05) is 0 Å². The number of nitriles is 1. The van der Waals surface area contributed by atoms with Crippen molar-refractivity contribution in [3.63, 3.8) is 0 Å². The lowest BCUT2D eigenvalue weighted by molar-refractivity contribution is 0.150. The number of nitrogens with zero attached hydrogens (tertiary/aromatic N) is 2. The molecule has 0 aliphatic carbocycles. The smallest absolute Gasteiger partial charge is 0.141 e. The molecule has 0 amide bonds. The molecule has 1 aromatic carbocycles. The Morgan fingerprint density at radius 2 is 2.05 bits per heavy atom. The van der Waals surface area contributed by atoms with Crippen molar-refractivity contribution in [1.29, 1.82) is 5.26 Å². The van der Waals surface area contributed by atoms with Crippen LogP contribution in [0.4, 0.5) is 0 Å². The van der Waals surface area contributed by atoms with Gasteiger partial charge in [-0.1, -0.05) is 0 Å². The van der Waals surface area contributed by atoms with E-state index in [1.165, 1.54) is 0 Å². The summed E-state index contributed by atoms with van der Waals surface area (Å²) in [4.78, 5) is 4.29. The van der Waals surface area contributed by atoms with Crippen molar-refractivity contribution in [3.8, 4) is 11.8 Å². The second-order valence-corrected chi connectivity index (χ2v) is 6.37. The Morgan fingerprint density at radius 3 is 2.71 bits per heavy atom. The summed E-state index contributed by atoms with van der Waals surface area (Å²) in [6.07, 6.45) is 0. The Balaban J connectivity index is 2.35. The topological polar surface area (TPSA) is 66.1 Å². The van der Waals surface area contributed by atoms with Crippen molar-refractivity contribution >= 4 is 32.6 Å². The summed E-state index contributed by atoms with van der Waals surface area (Å²) in [7, 11) is 0. The van der Waals surface area contributed by atoms with Crippen LogP contribution in [0.2, 0.25) is 0 Å². The van der Waals surface area contributed by atoms with Crippen molar-refractivity contribution < 1.29 is 9.84 Å². The van der Waals surface area contributed by atoms with Gasteiger partial charge in [0.1, 0.15) is 28.9 Å². The van der Waals surface area contributed by atoms with Crippen LogP contribution in [0.15, 0.2) is 22.7 Å². The van der Waals surface area contributed by atoms with Crippen molar-refractivity contribution in [3.05, 3.63) is 39.5 Å². The van der Waals surface area contributed by atoms with Crippen molar-refractivity contribution in [1.82, 2.24) is 4.98 Å². The lowest BCUT2D eigenvalue weighted by Gasteiger charge is -2.32. The predicted octanol–water partition coefficient (Wildman–Crippen LogP) is 4.21. The molecule has 106 valence electrons. The van der Waals surface area contributed by atoms with Crippen molar-refractivity contribution in [2.24, 2.45) is 0 Å². The highest BCUT2D eigenvalue weighted by atomic mass is 79.9. The molecule has 3 rings (SSSR count). The molecule has 2 heterocycles. The SMILES string of the molecule is Cc1cc(C#N)nc2cc3c(cc12)OC(C)(C)C(Br)=C3O. The van der Waals surface area contributed by atoms with Gasteiger partial charge in [-0.15, -0.1) is 0 Å². The van der Waals surface area contributed by atoms with E-state index in [9.17, 15) is 5.11 Å². The van der Waals surface area contributed by atoms with Crippen LogP contribution in [-0.4, -0.2) is 15.7 Å². The third kappa shape index (κ3) is 2.07. The molecule has 0 unspecified atom stereocenters. The minimum Gasteiger partial charge on any atom is -0.506 e. The van der Waals surface area contributed by atoms with Gasteiger partial charge in [0.25, 0.3) is 0 Å². The summed E-state index contributed by atoms with van der Waals surface area (Å²) >= 11 is 3.38. The zero-order chi connectivity index (χ0) is 15.4. The molecule has 1 N–H and O–H groups in total. The lowest BCUT2D eigenvalue weighted by atomic mass is 9.98. The second-order valence-electron chi connectivity index (χ2n) is 5.58. The molecule has 0 saturated carbocycles. The summed E-state index contributed by atoms with van der Waals surface area (Å²) in [5.74, 6) is 0.757. The number of benzene rings is 1. The van der Waals surface area contributed by atoms with E-state index in [-0.39, 0.29) is 5.76 Å². The van der Waals surface area contributed by atoms with Gasteiger partial charge in [0.2, 0.25) is 0 Å². The largest absolute Gasteiger partial charge is 0.506 e. The van der Waals surface area contributed by atoms with Gasteiger partial charge in [0.15, 0.2) is 0 Å². The zero-order valence-corrected chi connectivity index (χ0v) is 13.4. The van der Waals surface area contributed by atoms with Gasteiger partial charge in [-0.3, -0.25) is 0 Å². The van der Waals surface area contributed by atoms with Crippen LogP contribution in [0.1, 0.15) is 30.7 Å². The molecule has 5 heteroatoms. The molecule has 0 radical (unpaired) electrons. The lowest BCUT2D eigenvalue weighted by Crippen LogP contribution is -2.32. The Kier molecular flexibility index (Phi) is 2.96. The minimum absolute atomic E-state index is 0.143. The van der Waals surface area contributed by atoms with E-state index in [2.05, 4.69) is 20.9 Å². The fourth-order valence-corrected chi connectivity index (χ4v) is 2.77. The number of aliphatic hydroxyl groups excluding tert-OH is 1. The van der Waals surface area contributed by atoms with Gasteiger partial charge < -0.3 is 9.84 Å². The van der Waals surface area contributed by atoms with Crippen LogP contribution >= 0.6 is 15.9 Å². The third-order valence-corrected chi connectivity index (χ3v) is 4.92. The summed E-state index contributed by atoms with van der Waals surface area (Å²) in [6, 6.07) is 7.41. The summed E-state index contributed by atoms with van der Waals surface area (Å²) in [6.45, 7) is 5.69. The van der Waals surface area contributed by atoms with E-state index >= 15 is 0 Å². The van der Waals surface area contributed by atoms with Gasteiger partial charge in [-0.25, -0.2) is 4.98 Å². The number of pyridine rings is 1. The van der Waals surface area contributed by atoms with E-state index in [0.717, 1.165) is 10.9 Å². The zero-order valence-electron chi connectivity index (χ0n) is 11.9. The maximum atomic E-state index is 10.4. The quantitative estimate of drug-likeness (QED) is 0.777. The molecule has 1 aliphatic rings. The fourth-order valence-electron chi connectivity index (χ4n) is 2.47. The molecule has 21 heavy (non-hydrogen) atoms. The van der Waals surface area contributed by atoms with Gasteiger partial charge >= 0.3 is 0 Å². The first-order valence-electron chi connectivity index (χ1n) is 6.47. The van der Waals surface area contributed by atoms with E-state index in [4.69, 9.17) is 10.00 Å². The molecule has 1 aromatic heterocycles. The molecular weight excluding hydrogens is 332 g/mol. The average molecular weight is 345 g/mol. The third-order valence-electron chi connectivity index (χ3n) is 3.59. The maximum absolute atomic E-state index is 10.4. The molecule has 0 spiro atoms. The van der Waals surface area contributed by atoms with Crippen LogP contribution < -0.4 is 4.74 Å². The Morgan fingerprint density at radius 1 is 1.33 bits per heavy atom. The van der Waals surface area contributed by atoms with Gasteiger partial charge in [-0.2, -0.15) is 5.26 Å².